The lowest BCUT2D eigenvalue weighted by Crippen LogP contribution is -2.48. The number of fused-ring (bicyclic) bond motifs is 1. The highest BCUT2D eigenvalue weighted by Gasteiger charge is 2.23. The zero-order valence-electron chi connectivity index (χ0n) is 16.0. The van der Waals surface area contributed by atoms with E-state index in [1.54, 1.807) is 17.6 Å². The first-order chi connectivity index (χ1) is 14.3. The van der Waals surface area contributed by atoms with Crippen LogP contribution in [0.25, 0.3) is 21.5 Å². The van der Waals surface area contributed by atoms with Crippen LogP contribution in [0.5, 0.6) is 0 Å². The summed E-state index contributed by atoms with van der Waals surface area (Å²) in [5.41, 5.74) is 1.82. The van der Waals surface area contributed by atoms with Gasteiger partial charge in [-0.2, -0.15) is 0 Å². The summed E-state index contributed by atoms with van der Waals surface area (Å²) in [6.07, 6.45) is 1.67. The Morgan fingerprint density at radius 1 is 1.00 bits per heavy atom. The van der Waals surface area contributed by atoms with Gasteiger partial charge < -0.3 is 9.32 Å². The van der Waals surface area contributed by atoms with Gasteiger partial charge >= 0.3 is 0 Å². The van der Waals surface area contributed by atoms with Crippen LogP contribution in [-0.4, -0.2) is 46.9 Å². The van der Waals surface area contributed by atoms with Crippen molar-refractivity contribution in [3.8, 4) is 10.8 Å². The van der Waals surface area contributed by atoms with E-state index in [-0.39, 0.29) is 5.91 Å². The molecule has 0 radical (unpaired) electrons. The third-order valence-corrected chi connectivity index (χ3v) is 6.23. The summed E-state index contributed by atoms with van der Waals surface area (Å²) >= 11 is 1.60. The van der Waals surface area contributed by atoms with Crippen LogP contribution in [0.2, 0.25) is 0 Å². The van der Waals surface area contributed by atoms with E-state index >= 15 is 0 Å². The van der Waals surface area contributed by atoms with Crippen molar-refractivity contribution in [2.45, 2.75) is 6.54 Å². The van der Waals surface area contributed by atoms with Crippen LogP contribution >= 0.6 is 11.3 Å². The number of thiazole rings is 1. The molecule has 29 heavy (non-hydrogen) atoms. The monoisotopic (exact) mass is 403 g/mol. The van der Waals surface area contributed by atoms with Crippen LogP contribution in [0.4, 0.5) is 0 Å². The minimum atomic E-state index is 0.115. The second-order valence-electron chi connectivity index (χ2n) is 7.25. The van der Waals surface area contributed by atoms with E-state index in [1.807, 2.05) is 47.4 Å². The number of carbonyl (C=O) groups is 1. The van der Waals surface area contributed by atoms with E-state index in [1.165, 1.54) is 0 Å². The number of aromatic nitrogens is 1. The second-order valence-corrected chi connectivity index (χ2v) is 8.11. The number of piperazine rings is 1. The van der Waals surface area contributed by atoms with Crippen molar-refractivity contribution >= 4 is 28.0 Å². The number of hydrogen-bond acceptors (Lipinski definition) is 5. The first-order valence-electron chi connectivity index (χ1n) is 9.75. The van der Waals surface area contributed by atoms with Gasteiger partial charge in [-0.1, -0.05) is 30.3 Å². The summed E-state index contributed by atoms with van der Waals surface area (Å²) in [6.45, 7) is 3.98. The van der Waals surface area contributed by atoms with Gasteiger partial charge in [0.05, 0.1) is 12.0 Å². The summed E-state index contributed by atoms with van der Waals surface area (Å²) in [6, 6.07) is 17.9. The second kappa shape index (κ2) is 7.81. The topological polar surface area (TPSA) is 49.6 Å². The van der Waals surface area contributed by atoms with Gasteiger partial charge in [0.1, 0.15) is 0 Å². The lowest BCUT2D eigenvalue weighted by molar-refractivity contribution is 0.0627. The van der Waals surface area contributed by atoms with Gasteiger partial charge in [-0.25, -0.2) is 4.98 Å². The molecule has 0 atom stereocenters. The van der Waals surface area contributed by atoms with E-state index in [4.69, 9.17) is 4.42 Å². The van der Waals surface area contributed by atoms with E-state index in [0.29, 0.717) is 0 Å². The fraction of sp³-hybridized carbons (Fsp3) is 0.217. The van der Waals surface area contributed by atoms with Gasteiger partial charge in [0, 0.05) is 43.7 Å². The van der Waals surface area contributed by atoms with E-state index in [0.717, 1.165) is 65.5 Å². The Bertz CT molecular complexity index is 1130. The minimum absolute atomic E-state index is 0.115. The Morgan fingerprint density at radius 2 is 1.83 bits per heavy atom. The molecule has 1 aliphatic rings. The molecule has 0 saturated carbocycles. The number of hydrogen-bond donors (Lipinski definition) is 0. The van der Waals surface area contributed by atoms with Crippen molar-refractivity contribution < 1.29 is 9.21 Å². The maximum Gasteiger partial charge on any atom is 0.253 e. The lowest BCUT2D eigenvalue weighted by atomic mass is 10.1. The van der Waals surface area contributed by atoms with Crippen LogP contribution in [0.3, 0.4) is 0 Å². The third-order valence-electron chi connectivity index (χ3n) is 5.33. The number of rotatable bonds is 4. The molecule has 1 amide bonds. The molecule has 1 saturated heterocycles. The molecule has 5 nitrogen and oxygen atoms in total. The predicted octanol–water partition coefficient (Wildman–Crippen LogP) is 4.51. The first-order valence-corrected chi connectivity index (χ1v) is 10.6. The highest BCUT2D eigenvalue weighted by Crippen LogP contribution is 2.25. The molecule has 6 heteroatoms. The summed E-state index contributed by atoms with van der Waals surface area (Å²) in [4.78, 5) is 21.9. The number of amides is 1. The molecule has 0 unspecified atom stereocenters. The summed E-state index contributed by atoms with van der Waals surface area (Å²) in [5.74, 6) is 0.927. The average Bonchev–Trinajstić information content (AvgIpc) is 3.45. The van der Waals surface area contributed by atoms with Gasteiger partial charge in [0.15, 0.2) is 10.8 Å². The molecule has 146 valence electrons. The Hall–Kier alpha value is -2.96. The molecule has 1 fully saturated rings. The molecule has 2 aromatic carbocycles. The third kappa shape index (κ3) is 3.81. The maximum absolute atomic E-state index is 12.9. The quantitative estimate of drug-likeness (QED) is 0.503. The normalized spacial score (nSPS) is 15.1. The van der Waals surface area contributed by atoms with Gasteiger partial charge in [-0.05, 0) is 35.0 Å². The molecular weight excluding hydrogens is 382 g/mol. The molecule has 1 aliphatic heterocycles. The van der Waals surface area contributed by atoms with Crippen LogP contribution in [0.15, 0.2) is 70.7 Å². The largest absolute Gasteiger partial charge is 0.462 e. The molecule has 5 rings (SSSR count). The van der Waals surface area contributed by atoms with E-state index in [9.17, 15) is 4.79 Å². The zero-order valence-corrected chi connectivity index (χ0v) is 16.8. The van der Waals surface area contributed by atoms with Gasteiger partial charge in [0.2, 0.25) is 0 Å². The van der Waals surface area contributed by atoms with Crippen LogP contribution < -0.4 is 0 Å². The van der Waals surface area contributed by atoms with Crippen molar-refractivity contribution in [2.75, 3.05) is 26.2 Å². The van der Waals surface area contributed by atoms with Crippen molar-refractivity contribution in [3.05, 3.63) is 77.5 Å². The first kappa shape index (κ1) is 18.1. The Balaban J connectivity index is 1.20. The number of furan rings is 1. The van der Waals surface area contributed by atoms with Gasteiger partial charge in [-0.15, -0.1) is 11.3 Å². The number of benzene rings is 2. The zero-order chi connectivity index (χ0) is 19.6. The smallest absolute Gasteiger partial charge is 0.253 e. The minimum Gasteiger partial charge on any atom is -0.462 e. The molecular formula is C23H21N3O2S. The summed E-state index contributed by atoms with van der Waals surface area (Å²) < 4.78 is 5.42. The fourth-order valence-corrected chi connectivity index (χ4v) is 4.51. The number of carbonyl (C=O) groups excluding carboxylic acids is 1. The summed E-state index contributed by atoms with van der Waals surface area (Å²) in [7, 11) is 0. The molecule has 3 heterocycles. The van der Waals surface area contributed by atoms with Crippen molar-refractivity contribution in [1.82, 2.24) is 14.8 Å². The SMILES string of the molecule is O=C(c1ccc2ccccc2c1)N1CCN(Cc2csc(-c3ccco3)n2)CC1. The molecule has 0 bridgehead atoms. The van der Waals surface area contributed by atoms with Crippen LogP contribution in [-0.2, 0) is 6.54 Å². The molecule has 0 spiro atoms. The predicted molar refractivity (Wildman–Crippen MR) is 115 cm³/mol. The van der Waals surface area contributed by atoms with Gasteiger partial charge in [0.25, 0.3) is 5.91 Å². The maximum atomic E-state index is 12.9. The molecule has 2 aromatic heterocycles. The van der Waals surface area contributed by atoms with Crippen LogP contribution in [0, 0.1) is 0 Å². The van der Waals surface area contributed by atoms with Crippen molar-refractivity contribution in [3.63, 3.8) is 0 Å². The Kier molecular flexibility index (Phi) is 4.87. The van der Waals surface area contributed by atoms with E-state index in [2.05, 4.69) is 27.4 Å². The fourth-order valence-electron chi connectivity index (χ4n) is 3.74. The molecule has 4 aromatic rings. The molecule has 0 N–H and O–H groups in total. The standard InChI is InChI=1S/C23H21N3O2S/c27-23(19-8-7-17-4-1-2-5-18(17)14-19)26-11-9-25(10-12-26)15-20-16-29-22(24-20)21-6-3-13-28-21/h1-8,13-14,16H,9-12,15H2. The summed E-state index contributed by atoms with van der Waals surface area (Å²) in [5, 5.41) is 5.26. The lowest BCUT2D eigenvalue weighted by Gasteiger charge is -2.34. The number of nitrogens with zero attached hydrogens (tertiary/aromatic N) is 3. The Labute approximate surface area is 173 Å². The van der Waals surface area contributed by atoms with Crippen LogP contribution in [0.1, 0.15) is 16.1 Å². The van der Waals surface area contributed by atoms with Gasteiger partial charge in [-0.3, -0.25) is 9.69 Å². The Morgan fingerprint density at radius 3 is 2.62 bits per heavy atom. The molecule has 0 aliphatic carbocycles. The highest BCUT2D eigenvalue weighted by molar-refractivity contribution is 7.13. The van der Waals surface area contributed by atoms with Crippen molar-refractivity contribution in [2.24, 2.45) is 0 Å². The van der Waals surface area contributed by atoms with E-state index < -0.39 is 0 Å². The average molecular weight is 404 g/mol. The highest BCUT2D eigenvalue weighted by atomic mass is 32.1. The van der Waals surface area contributed by atoms with Crippen molar-refractivity contribution in [1.29, 1.82) is 0 Å².